The molecular formula is C17H15FN2O. The zero-order valence-corrected chi connectivity index (χ0v) is 11.4. The van der Waals surface area contributed by atoms with E-state index in [1.54, 1.807) is 30.5 Å². The molecule has 0 aliphatic carbocycles. The zero-order chi connectivity index (χ0) is 14.7. The molecule has 2 aromatic carbocycles. The van der Waals surface area contributed by atoms with Gasteiger partial charge in [-0.25, -0.2) is 9.37 Å². The van der Waals surface area contributed by atoms with Gasteiger partial charge in [0, 0.05) is 18.1 Å². The Balaban J connectivity index is 1.77. The van der Waals surface area contributed by atoms with Crippen molar-refractivity contribution < 1.29 is 9.50 Å². The van der Waals surface area contributed by atoms with E-state index in [2.05, 4.69) is 10.3 Å². The van der Waals surface area contributed by atoms with Crippen LogP contribution >= 0.6 is 0 Å². The number of halogens is 1. The SMILES string of the molecule is Oc1ccc2ccnc(NCCc3ccccc3F)c2c1. The summed E-state index contributed by atoms with van der Waals surface area (Å²) in [7, 11) is 0. The first-order valence-corrected chi connectivity index (χ1v) is 6.79. The number of benzene rings is 2. The molecular weight excluding hydrogens is 267 g/mol. The first kappa shape index (κ1) is 13.4. The molecule has 0 atom stereocenters. The minimum absolute atomic E-state index is 0.192. The smallest absolute Gasteiger partial charge is 0.133 e. The van der Waals surface area contributed by atoms with Crippen LogP contribution in [0.3, 0.4) is 0 Å². The summed E-state index contributed by atoms with van der Waals surface area (Å²) in [5.41, 5.74) is 0.674. The number of rotatable bonds is 4. The average molecular weight is 282 g/mol. The average Bonchev–Trinajstić information content (AvgIpc) is 2.49. The van der Waals surface area contributed by atoms with Gasteiger partial charge in [0.05, 0.1) is 0 Å². The Morgan fingerprint density at radius 1 is 1.10 bits per heavy atom. The highest BCUT2D eigenvalue weighted by Gasteiger charge is 2.04. The van der Waals surface area contributed by atoms with Crippen LogP contribution in [0.15, 0.2) is 54.7 Å². The molecule has 2 N–H and O–H groups in total. The van der Waals surface area contributed by atoms with Crippen molar-refractivity contribution in [2.75, 3.05) is 11.9 Å². The van der Waals surface area contributed by atoms with Gasteiger partial charge in [-0.3, -0.25) is 0 Å². The lowest BCUT2D eigenvalue weighted by molar-refractivity contribution is 0.476. The Labute approximate surface area is 122 Å². The molecule has 1 heterocycles. The van der Waals surface area contributed by atoms with Crippen molar-refractivity contribution >= 4 is 16.6 Å². The molecule has 0 saturated heterocycles. The molecule has 3 nitrogen and oxygen atoms in total. The lowest BCUT2D eigenvalue weighted by Gasteiger charge is -2.09. The van der Waals surface area contributed by atoms with Crippen molar-refractivity contribution in [3.8, 4) is 5.75 Å². The van der Waals surface area contributed by atoms with Crippen LogP contribution in [0.25, 0.3) is 10.8 Å². The maximum Gasteiger partial charge on any atom is 0.133 e. The van der Waals surface area contributed by atoms with Gasteiger partial charge in [-0.15, -0.1) is 0 Å². The highest BCUT2D eigenvalue weighted by atomic mass is 19.1. The summed E-state index contributed by atoms with van der Waals surface area (Å²) in [5, 5.41) is 14.6. The number of hydrogen-bond acceptors (Lipinski definition) is 3. The molecule has 0 saturated carbocycles. The lowest BCUT2D eigenvalue weighted by Crippen LogP contribution is -2.07. The number of hydrogen-bond donors (Lipinski definition) is 2. The van der Waals surface area contributed by atoms with E-state index in [1.807, 2.05) is 18.2 Å². The third kappa shape index (κ3) is 2.94. The number of aromatic hydroxyl groups is 1. The van der Waals surface area contributed by atoms with Crippen molar-refractivity contribution in [3.05, 3.63) is 66.1 Å². The second kappa shape index (κ2) is 5.79. The molecule has 0 aliphatic rings. The summed E-state index contributed by atoms with van der Waals surface area (Å²) >= 11 is 0. The van der Waals surface area contributed by atoms with Gasteiger partial charge in [-0.05, 0) is 41.6 Å². The van der Waals surface area contributed by atoms with Crippen LogP contribution in [-0.2, 0) is 6.42 Å². The molecule has 4 heteroatoms. The van der Waals surface area contributed by atoms with E-state index >= 15 is 0 Å². The minimum atomic E-state index is -0.192. The molecule has 3 rings (SSSR count). The van der Waals surface area contributed by atoms with Crippen molar-refractivity contribution in [1.29, 1.82) is 0 Å². The van der Waals surface area contributed by atoms with Gasteiger partial charge in [0.25, 0.3) is 0 Å². The molecule has 0 radical (unpaired) electrons. The number of aromatic nitrogens is 1. The van der Waals surface area contributed by atoms with E-state index in [1.165, 1.54) is 6.07 Å². The number of nitrogens with zero attached hydrogens (tertiary/aromatic N) is 1. The monoisotopic (exact) mass is 282 g/mol. The molecule has 3 aromatic rings. The first-order chi connectivity index (χ1) is 10.2. The third-order valence-electron chi connectivity index (χ3n) is 3.39. The number of anilines is 1. The van der Waals surface area contributed by atoms with Crippen molar-refractivity contribution in [2.45, 2.75) is 6.42 Å². The summed E-state index contributed by atoms with van der Waals surface area (Å²) in [5.74, 6) is 0.704. The van der Waals surface area contributed by atoms with Crippen LogP contribution in [-0.4, -0.2) is 16.6 Å². The summed E-state index contributed by atoms with van der Waals surface area (Å²) in [6.07, 6.45) is 2.29. The van der Waals surface area contributed by atoms with Crippen LogP contribution in [0.2, 0.25) is 0 Å². The van der Waals surface area contributed by atoms with E-state index in [4.69, 9.17) is 0 Å². The summed E-state index contributed by atoms with van der Waals surface area (Å²) < 4.78 is 13.5. The predicted octanol–water partition coefficient (Wildman–Crippen LogP) is 3.73. The Kier molecular flexibility index (Phi) is 3.69. The fourth-order valence-corrected chi connectivity index (χ4v) is 2.31. The van der Waals surface area contributed by atoms with E-state index < -0.39 is 0 Å². The first-order valence-electron chi connectivity index (χ1n) is 6.79. The van der Waals surface area contributed by atoms with Gasteiger partial charge in [0.15, 0.2) is 0 Å². The number of phenols is 1. The molecule has 0 bridgehead atoms. The summed E-state index contributed by atoms with van der Waals surface area (Å²) in [6.45, 7) is 0.572. The van der Waals surface area contributed by atoms with Gasteiger partial charge >= 0.3 is 0 Å². The molecule has 1 aromatic heterocycles. The Morgan fingerprint density at radius 2 is 1.95 bits per heavy atom. The lowest BCUT2D eigenvalue weighted by atomic mass is 10.1. The van der Waals surface area contributed by atoms with Gasteiger partial charge in [0.1, 0.15) is 17.4 Å². The van der Waals surface area contributed by atoms with Crippen molar-refractivity contribution in [3.63, 3.8) is 0 Å². The van der Waals surface area contributed by atoms with Gasteiger partial charge < -0.3 is 10.4 Å². The number of nitrogens with one attached hydrogen (secondary N) is 1. The van der Waals surface area contributed by atoms with Gasteiger partial charge in [0.2, 0.25) is 0 Å². The minimum Gasteiger partial charge on any atom is -0.508 e. The standard InChI is InChI=1S/C17H15FN2O/c18-16-4-2-1-3-13(16)8-10-20-17-15-11-14(21)6-5-12(15)7-9-19-17/h1-7,9,11,21H,8,10H2,(H,19,20). The van der Waals surface area contributed by atoms with Gasteiger partial charge in [-0.2, -0.15) is 0 Å². The highest BCUT2D eigenvalue weighted by molar-refractivity contribution is 5.92. The second-order valence-corrected chi connectivity index (χ2v) is 4.83. The maximum absolute atomic E-state index is 13.5. The fraction of sp³-hybridized carbons (Fsp3) is 0.118. The summed E-state index contributed by atoms with van der Waals surface area (Å²) in [6, 6.07) is 13.8. The van der Waals surface area contributed by atoms with E-state index in [9.17, 15) is 9.50 Å². The molecule has 0 spiro atoms. The molecule has 0 unspecified atom stereocenters. The fourth-order valence-electron chi connectivity index (χ4n) is 2.31. The third-order valence-corrected chi connectivity index (χ3v) is 3.39. The maximum atomic E-state index is 13.5. The Hall–Kier alpha value is -2.62. The van der Waals surface area contributed by atoms with Crippen LogP contribution in [0.4, 0.5) is 10.2 Å². The van der Waals surface area contributed by atoms with Crippen LogP contribution in [0, 0.1) is 5.82 Å². The molecule has 21 heavy (non-hydrogen) atoms. The van der Waals surface area contributed by atoms with Crippen LogP contribution in [0.5, 0.6) is 5.75 Å². The zero-order valence-electron chi connectivity index (χ0n) is 11.4. The number of phenolic OH excluding ortho intramolecular Hbond substituents is 1. The van der Waals surface area contributed by atoms with Gasteiger partial charge in [-0.1, -0.05) is 24.3 Å². The Morgan fingerprint density at radius 3 is 2.81 bits per heavy atom. The van der Waals surface area contributed by atoms with Crippen LogP contribution < -0.4 is 5.32 Å². The van der Waals surface area contributed by atoms with E-state index in [-0.39, 0.29) is 11.6 Å². The predicted molar refractivity (Wildman–Crippen MR) is 82.0 cm³/mol. The topological polar surface area (TPSA) is 45.2 Å². The van der Waals surface area contributed by atoms with E-state index in [0.29, 0.717) is 24.3 Å². The molecule has 0 amide bonds. The summed E-state index contributed by atoms with van der Waals surface area (Å²) in [4.78, 5) is 4.29. The van der Waals surface area contributed by atoms with Crippen molar-refractivity contribution in [2.24, 2.45) is 0 Å². The van der Waals surface area contributed by atoms with Crippen LogP contribution in [0.1, 0.15) is 5.56 Å². The normalized spacial score (nSPS) is 10.7. The number of pyridine rings is 1. The Bertz CT molecular complexity index is 774. The second-order valence-electron chi connectivity index (χ2n) is 4.83. The quantitative estimate of drug-likeness (QED) is 0.766. The number of fused-ring (bicyclic) bond motifs is 1. The largest absolute Gasteiger partial charge is 0.508 e. The molecule has 0 fully saturated rings. The molecule has 0 aliphatic heterocycles. The van der Waals surface area contributed by atoms with Crippen molar-refractivity contribution in [1.82, 2.24) is 4.98 Å². The van der Waals surface area contributed by atoms with E-state index in [0.717, 1.165) is 10.8 Å². The molecule has 106 valence electrons. The highest BCUT2D eigenvalue weighted by Crippen LogP contribution is 2.25.